The van der Waals surface area contributed by atoms with E-state index in [0.29, 0.717) is 6.54 Å². The van der Waals surface area contributed by atoms with E-state index in [2.05, 4.69) is 5.32 Å². The van der Waals surface area contributed by atoms with Crippen molar-refractivity contribution >= 4 is 23.1 Å². The van der Waals surface area contributed by atoms with Gasteiger partial charge in [-0.25, -0.2) is 4.79 Å². The van der Waals surface area contributed by atoms with E-state index < -0.39 is 11.7 Å². The van der Waals surface area contributed by atoms with Crippen LogP contribution in [0.15, 0.2) is 11.4 Å². The third-order valence-corrected chi connectivity index (χ3v) is 2.51. The molecule has 0 aliphatic carbocycles. The Labute approximate surface area is 93.4 Å². The summed E-state index contributed by atoms with van der Waals surface area (Å²) in [7, 11) is 0. The van der Waals surface area contributed by atoms with Crippen LogP contribution < -0.4 is 11.1 Å². The molecule has 0 saturated carbocycles. The highest BCUT2D eigenvalue weighted by atomic mass is 32.1. The lowest BCUT2D eigenvalue weighted by Gasteiger charge is -2.19. The van der Waals surface area contributed by atoms with Gasteiger partial charge < -0.3 is 10.5 Å². The molecule has 1 heterocycles. The average Bonchev–Trinajstić information content (AvgIpc) is 2.48. The summed E-state index contributed by atoms with van der Waals surface area (Å²) in [6.07, 6.45) is -0.449. The molecule has 1 rings (SSSR count). The van der Waals surface area contributed by atoms with Crippen molar-refractivity contribution in [2.45, 2.75) is 32.9 Å². The number of carbonyl (C=O) groups excluding carboxylic acids is 1. The van der Waals surface area contributed by atoms with E-state index in [1.165, 1.54) is 11.3 Å². The molecule has 0 unspecified atom stereocenters. The lowest BCUT2D eigenvalue weighted by atomic mass is 10.2. The number of hydrogen-bond donors (Lipinski definition) is 2. The van der Waals surface area contributed by atoms with Crippen LogP contribution in [0.1, 0.15) is 25.6 Å². The topological polar surface area (TPSA) is 64.3 Å². The number of nitrogens with one attached hydrogen (secondary N) is 1. The van der Waals surface area contributed by atoms with Crippen molar-refractivity contribution in [2.24, 2.45) is 5.73 Å². The maximum atomic E-state index is 11.4. The minimum absolute atomic E-state index is 0.419. The van der Waals surface area contributed by atoms with Gasteiger partial charge in [0.2, 0.25) is 0 Å². The molecule has 1 aromatic rings. The van der Waals surface area contributed by atoms with Gasteiger partial charge in [-0.2, -0.15) is 0 Å². The number of anilines is 1. The van der Waals surface area contributed by atoms with Crippen molar-refractivity contribution in [2.75, 3.05) is 5.32 Å². The number of amides is 1. The highest BCUT2D eigenvalue weighted by Gasteiger charge is 2.17. The normalized spacial score (nSPS) is 11.2. The highest BCUT2D eigenvalue weighted by molar-refractivity contribution is 7.10. The average molecular weight is 228 g/mol. The predicted octanol–water partition coefficient (Wildman–Crippen LogP) is 2.55. The molecule has 0 aliphatic heterocycles. The zero-order valence-electron chi connectivity index (χ0n) is 9.16. The van der Waals surface area contributed by atoms with Crippen LogP contribution in [0.2, 0.25) is 0 Å². The van der Waals surface area contributed by atoms with Gasteiger partial charge in [0.15, 0.2) is 0 Å². The number of rotatable bonds is 2. The maximum Gasteiger partial charge on any atom is 0.412 e. The maximum absolute atomic E-state index is 11.4. The largest absolute Gasteiger partial charge is 0.444 e. The van der Waals surface area contributed by atoms with Crippen LogP contribution in [0.4, 0.5) is 10.5 Å². The Bertz CT molecular complexity index is 341. The van der Waals surface area contributed by atoms with Crippen molar-refractivity contribution in [1.29, 1.82) is 0 Å². The summed E-state index contributed by atoms with van der Waals surface area (Å²) in [6, 6.07) is 1.82. The van der Waals surface area contributed by atoms with Crippen molar-refractivity contribution in [3.05, 3.63) is 16.3 Å². The molecular weight excluding hydrogens is 212 g/mol. The molecule has 0 bridgehead atoms. The van der Waals surface area contributed by atoms with Gasteiger partial charge in [-0.05, 0) is 32.2 Å². The number of ether oxygens (including phenoxy) is 1. The fraction of sp³-hybridized carbons (Fsp3) is 0.500. The minimum Gasteiger partial charge on any atom is -0.444 e. The second-order valence-electron chi connectivity index (χ2n) is 4.09. The van der Waals surface area contributed by atoms with Crippen molar-refractivity contribution < 1.29 is 9.53 Å². The van der Waals surface area contributed by atoms with Gasteiger partial charge in [-0.1, -0.05) is 0 Å². The van der Waals surface area contributed by atoms with Crippen molar-refractivity contribution in [1.82, 2.24) is 0 Å². The summed E-state index contributed by atoms with van der Waals surface area (Å²) in [4.78, 5) is 12.4. The van der Waals surface area contributed by atoms with Crippen molar-refractivity contribution in [3.8, 4) is 0 Å². The SMILES string of the molecule is CC(C)(C)OC(=O)Nc1ccsc1CN. The molecule has 3 N–H and O–H groups in total. The molecule has 1 aromatic heterocycles. The quantitative estimate of drug-likeness (QED) is 0.817. The Balaban J connectivity index is 2.59. The van der Waals surface area contributed by atoms with E-state index in [-0.39, 0.29) is 0 Å². The molecule has 0 aliphatic rings. The van der Waals surface area contributed by atoms with Crippen molar-refractivity contribution in [3.63, 3.8) is 0 Å². The Morgan fingerprint density at radius 3 is 2.80 bits per heavy atom. The molecule has 0 saturated heterocycles. The second kappa shape index (κ2) is 4.63. The Kier molecular flexibility index (Phi) is 3.71. The van der Waals surface area contributed by atoms with Crippen LogP contribution in [0.25, 0.3) is 0 Å². The number of hydrogen-bond acceptors (Lipinski definition) is 4. The summed E-state index contributed by atoms with van der Waals surface area (Å²) in [6.45, 7) is 5.89. The molecule has 15 heavy (non-hydrogen) atoms. The first kappa shape index (κ1) is 12.0. The van der Waals surface area contributed by atoms with E-state index >= 15 is 0 Å². The molecule has 4 nitrogen and oxygen atoms in total. The first-order valence-electron chi connectivity index (χ1n) is 4.69. The first-order chi connectivity index (χ1) is 6.92. The highest BCUT2D eigenvalue weighted by Crippen LogP contribution is 2.22. The van der Waals surface area contributed by atoms with Gasteiger partial charge in [-0.3, -0.25) is 5.32 Å². The molecule has 0 radical (unpaired) electrons. The van der Waals surface area contributed by atoms with Gasteiger partial charge in [0.05, 0.1) is 5.69 Å². The predicted molar refractivity (Wildman–Crippen MR) is 62.1 cm³/mol. The second-order valence-corrected chi connectivity index (χ2v) is 5.09. The Morgan fingerprint density at radius 1 is 1.60 bits per heavy atom. The molecule has 0 fully saturated rings. The molecule has 84 valence electrons. The third-order valence-electron chi connectivity index (χ3n) is 1.57. The van der Waals surface area contributed by atoms with Gasteiger partial charge in [0.1, 0.15) is 5.60 Å². The van der Waals surface area contributed by atoms with Gasteiger partial charge in [0.25, 0.3) is 0 Å². The smallest absolute Gasteiger partial charge is 0.412 e. The van der Waals surface area contributed by atoms with Crippen LogP contribution in [0.3, 0.4) is 0 Å². The Morgan fingerprint density at radius 2 is 2.27 bits per heavy atom. The zero-order chi connectivity index (χ0) is 11.5. The number of thiophene rings is 1. The summed E-state index contributed by atoms with van der Waals surface area (Å²) >= 11 is 1.51. The van der Waals surface area contributed by atoms with E-state index in [4.69, 9.17) is 10.5 Å². The molecular formula is C10H16N2O2S. The van der Waals surface area contributed by atoms with Crippen LogP contribution in [-0.4, -0.2) is 11.7 Å². The standard InChI is InChI=1S/C10H16N2O2S/c1-10(2,3)14-9(13)12-7-4-5-15-8(7)6-11/h4-5H,6,11H2,1-3H3,(H,12,13). The monoisotopic (exact) mass is 228 g/mol. The minimum atomic E-state index is -0.483. The van der Waals surface area contributed by atoms with Gasteiger partial charge in [0, 0.05) is 11.4 Å². The Hall–Kier alpha value is -1.07. The summed E-state index contributed by atoms with van der Waals surface area (Å²) < 4.78 is 5.12. The fourth-order valence-electron chi connectivity index (χ4n) is 1.02. The lowest BCUT2D eigenvalue weighted by Crippen LogP contribution is -2.27. The molecule has 0 atom stereocenters. The van der Waals surface area contributed by atoms with E-state index in [0.717, 1.165) is 10.6 Å². The fourth-order valence-corrected chi connectivity index (χ4v) is 1.73. The molecule has 0 aromatic carbocycles. The van der Waals surface area contributed by atoms with Gasteiger partial charge >= 0.3 is 6.09 Å². The van der Waals surface area contributed by atoms with Crippen LogP contribution >= 0.6 is 11.3 Å². The number of nitrogens with two attached hydrogens (primary N) is 1. The number of carbonyl (C=O) groups is 1. The summed E-state index contributed by atoms with van der Waals surface area (Å²) in [5.41, 5.74) is 5.77. The summed E-state index contributed by atoms with van der Waals surface area (Å²) in [5.74, 6) is 0. The third kappa shape index (κ3) is 3.89. The van der Waals surface area contributed by atoms with Crippen LogP contribution in [0.5, 0.6) is 0 Å². The first-order valence-corrected chi connectivity index (χ1v) is 5.57. The molecule has 0 spiro atoms. The van der Waals surface area contributed by atoms with Crippen LogP contribution in [0, 0.1) is 0 Å². The lowest BCUT2D eigenvalue weighted by molar-refractivity contribution is 0.0636. The summed E-state index contributed by atoms with van der Waals surface area (Å²) in [5, 5.41) is 4.55. The van der Waals surface area contributed by atoms with E-state index in [1.54, 1.807) is 0 Å². The zero-order valence-corrected chi connectivity index (χ0v) is 9.98. The molecule has 1 amide bonds. The van der Waals surface area contributed by atoms with E-state index in [9.17, 15) is 4.79 Å². The van der Waals surface area contributed by atoms with Gasteiger partial charge in [-0.15, -0.1) is 11.3 Å². The van der Waals surface area contributed by atoms with E-state index in [1.807, 2.05) is 32.2 Å². The molecule has 5 heteroatoms. The van der Waals surface area contributed by atoms with Crippen LogP contribution in [-0.2, 0) is 11.3 Å².